The Kier molecular flexibility index (Phi) is 5.67. The summed E-state index contributed by atoms with van der Waals surface area (Å²) in [5, 5.41) is 6.31. The molecule has 0 saturated heterocycles. The fourth-order valence-electron chi connectivity index (χ4n) is 2.41. The van der Waals surface area contributed by atoms with Crippen LogP contribution < -0.4 is 0 Å². The van der Waals surface area contributed by atoms with Crippen LogP contribution in [-0.4, -0.2) is 15.1 Å². The number of aromatic nitrogens is 2. The van der Waals surface area contributed by atoms with Crippen molar-refractivity contribution in [2.75, 3.05) is 5.33 Å². The van der Waals surface area contributed by atoms with Gasteiger partial charge >= 0.3 is 0 Å². The molecule has 1 aromatic heterocycles. The van der Waals surface area contributed by atoms with Crippen molar-refractivity contribution in [2.45, 2.75) is 26.2 Å². The van der Waals surface area contributed by atoms with Crippen molar-refractivity contribution in [2.24, 2.45) is 13.0 Å². The van der Waals surface area contributed by atoms with Crippen LogP contribution in [0.2, 0.25) is 5.02 Å². The molecule has 1 unspecified atom stereocenters. The Balaban J connectivity index is 2.06. The SMILES string of the molecule is CCc1cc(CC(CBr)Cc2cccc(Cl)c2)n(C)n1. The molecule has 0 spiro atoms. The molecule has 0 bridgehead atoms. The number of nitrogens with zero attached hydrogens (tertiary/aromatic N) is 2. The zero-order chi connectivity index (χ0) is 14.5. The second kappa shape index (κ2) is 7.28. The second-order valence-corrected chi connectivity index (χ2v) is 6.25. The summed E-state index contributed by atoms with van der Waals surface area (Å²) < 4.78 is 2.01. The molecular weight excluding hydrogens is 336 g/mol. The van der Waals surface area contributed by atoms with E-state index in [4.69, 9.17) is 11.6 Å². The smallest absolute Gasteiger partial charge is 0.0624 e. The van der Waals surface area contributed by atoms with Gasteiger partial charge in [0.1, 0.15) is 0 Å². The number of hydrogen-bond acceptors (Lipinski definition) is 1. The topological polar surface area (TPSA) is 17.8 Å². The van der Waals surface area contributed by atoms with E-state index in [-0.39, 0.29) is 0 Å². The third-order valence-corrected chi connectivity index (χ3v) is 4.67. The summed E-state index contributed by atoms with van der Waals surface area (Å²) in [6.45, 7) is 2.14. The number of rotatable bonds is 6. The number of aryl methyl sites for hydroxylation is 2. The average molecular weight is 356 g/mol. The molecule has 0 fully saturated rings. The van der Waals surface area contributed by atoms with Crippen molar-refractivity contribution in [3.8, 4) is 0 Å². The Morgan fingerprint density at radius 3 is 2.70 bits per heavy atom. The fourth-order valence-corrected chi connectivity index (χ4v) is 3.08. The lowest BCUT2D eigenvalue weighted by atomic mass is 9.96. The highest BCUT2D eigenvalue weighted by molar-refractivity contribution is 9.09. The summed E-state index contributed by atoms with van der Waals surface area (Å²) in [7, 11) is 2.03. The van der Waals surface area contributed by atoms with Gasteiger partial charge in [0.05, 0.1) is 5.69 Å². The summed E-state index contributed by atoms with van der Waals surface area (Å²) in [5.74, 6) is 0.550. The van der Waals surface area contributed by atoms with Crippen LogP contribution in [0.4, 0.5) is 0 Å². The predicted molar refractivity (Wildman–Crippen MR) is 88.7 cm³/mol. The van der Waals surface area contributed by atoms with Crippen LogP contribution in [0, 0.1) is 5.92 Å². The number of benzene rings is 1. The molecule has 1 atom stereocenters. The standard InChI is InChI=1S/C16H20BrClN2/c1-3-15-10-16(20(2)19-15)9-13(11-17)7-12-5-4-6-14(18)8-12/h4-6,8,10,13H,3,7,9,11H2,1-2H3. The van der Waals surface area contributed by atoms with Crippen molar-refractivity contribution in [3.63, 3.8) is 0 Å². The molecular formula is C16H20BrClN2. The van der Waals surface area contributed by atoms with Crippen molar-refractivity contribution < 1.29 is 0 Å². The molecule has 2 nitrogen and oxygen atoms in total. The summed E-state index contributed by atoms with van der Waals surface area (Å²) in [6, 6.07) is 10.3. The van der Waals surface area contributed by atoms with Crippen molar-refractivity contribution in [3.05, 3.63) is 52.3 Å². The molecule has 0 aliphatic heterocycles. The van der Waals surface area contributed by atoms with E-state index in [2.05, 4.69) is 46.2 Å². The minimum atomic E-state index is 0.550. The molecule has 2 aromatic rings. The van der Waals surface area contributed by atoms with Gasteiger partial charge in [-0.3, -0.25) is 4.68 Å². The fraction of sp³-hybridized carbons (Fsp3) is 0.438. The van der Waals surface area contributed by atoms with Crippen LogP contribution >= 0.6 is 27.5 Å². The van der Waals surface area contributed by atoms with E-state index in [0.717, 1.165) is 29.6 Å². The van der Waals surface area contributed by atoms with E-state index in [1.54, 1.807) is 0 Å². The van der Waals surface area contributed by atoms with Gasteiger partial charge in [-0.05, 0) is 48.9 Å². The van der Waals surface area contributed by atoms with Crippen molar-refractivity contribution in [1.29, 1.82) is 0 Å². The molecule has 108 valence electrons. The highest BCUT2D eigenvalue weighted by Gasteiger charge is 2.13. The first-order valence-corrected chi connectivity index (χ1v) is 8.44. The summed E-state index contributed by atoms with van der Waals surface area (Å²) in [5.41, 5.74) is 3.76. The van der Waals surface area contributed by atoms with Gasteiger partial charge in [0, 0.05) is 23.1 Å². The largest absolute Gasteiger partial charge is 0.272 e. The van der Waals surface area contributed by atoms with Crippen LogP contribution in [0.15, 0.2) is 30.3 Å². The van der Waals surface area contributed by atoms with Gasteiger partial charge < -0.3 is 0 Å². The Morgan fingerprint density at radius 1 is 1.30 bits per heavy atom. The van der Waals surface area contributed by atoms with Gasteiger partial charge in [0.25, 0.3) is 0 Å². The third kappa shape index (κ3) is 4.10. The molecule has 0 amide bonds. The van der Waals surface area contributed by atoms with E-state index >= 15 is 0 Å². The van der Waals surface area contributed by atoms with E-state index in [0.29, 0.717) is 5.92 Å². The minimum absolute atomic E-state index is 0.550. The molecule has 0 radical (unpaired) electrons. The molecule has 0 N–H and O–H groups in total. The summed E-state index contributed by atoms with van der Waals surface area (Å²) >= 11 is 9.69. The van der Waals surface area contributed by atoms with Crippen molar-refractivity contribution >= 4 is 27.5 Å². The number of halogens is 2. The van der Waals surface area contributed by atoms with E-state index in [9.17, 15) is 0 Å². The Labute approximate surface area is 134 Å². The van der Waals surface area contributed by atoms with Crippen molar-refractivity contribution in [1.82, 2.24) is 9.78 Å². The average Bonchev–Trinajstić information content (AvgIpc) is 2.78. The normalized spacial score (nSPS) is 12.6. The third-order valence-electron chi connectivity index (χ3n) is 3.52. The monoisotopic (exact) mass is 354 g/mol. The first-order chi connectivity index (χ1) is 9.62. The maximum atomic E-state index is 6.05. The lowest BCUT2D eigenvalue weighted by Crippen LogP contribution is -2.12. The maximum Gasteiger partial charge on any atom is 0.0624 e. The van der Waals surface area contributed by atoms with Gasteiger partial charge in [-0.1, -0.05) is 46.6 Å². The van der Waals surface area contributed by atoms with Gasteiger partial charge in [0.2, 0.25) is 0 Å². The van der Waals surface area contributed by atoms with Crippen LogP contribution in [0.3, 0.4) is 0 Å². The maximum absolute atomic E-state index is 6.05. The summed E-state index contributed by atoms with van der Waals surface area (Å²) in [4.78, 5) is 0. The molecule has 1 heterocycles. The Bertz CT molecular complexity index is 565. The predicted octanol–water partition coefficient (Wildman–Crippen LogP) is 4.43. The van der Waals surface area contributed by atoms with Gasteiger partial charge in [-0.2, -0.15) is 5.10 Å². The van der Waals surface area contributed by atoms with Crippen LogP contribution in [0.25, 0.3) is 0 Å². The number of alkyl halides is 1. The quantitative estimate of drug-likeness (QED) is 0.701. The molecule has 2 rings (SSSR count). The van der Waals surface area contributed by atoms with E-state index in [1.807, 2.05) is 23.9 Å². The van der Waals surface area contributed by atoms with Crippen LogP contribution in [0.5, 0.6) is 0 Å². The highest BCUT2D eigenvalue weighted by atomic mass is 79.9. The van der Waals surface area contributed by atoms with E-state index in [1.165, 1.54) is 17.0 Å². The lowest BCUT2D eigenvalue weighted by molar-refractivity contribution is 0.556. The minimum Gasteiger partial charge on any atom is -0.272 e. The molecule has 20 heavy (non-hydrogen) atoms. The molecule has 4 heteroatoms. The van der Waals surface area contributed by atoms with Crippen LogP contribution in [-0.2, 0) is 26.3 Å². The van der Waals surface area contributed by atoms with Crippen LogP contribution in [0.1, 0.15) is 23.9 Å². The van der Waals surface area contributed by atoms with Gasteiger partial charge in [-0.25, -0.2) is 0 Å². The zero-order valence-electron chi connectivity index (χ0n) is 11.9. The van der Waals surface area contributed by atoms with Gasteiger partial charge in [-0.15, -0.1) is 0 Å². The molecule has 1 aromatic carbocycles. The Hall–Kier alpha value is -0.800. The first kappa shape index (κ1) is 15.6. The van der Waals surface area contributed by atoms with E-state index < -0.39 is 0 Å². The molecule has 0 saturated carbocycles. The zero-order valence-corrected chi connectivity index (χ0v) is 14.3. The highest BCUT2D eigenvalue weighted by Crippen LogP contribution is 2.19. The lowest BCUT2D eigenvalue weighted by Gasteiger charge is -2.14. The van der Waals surface area contributed by atoms with Gasteiger partial charge in [0.15, 0.2) is 0 Å². The number of hydrogen-bond donors (Lipinski definition) is 0. The summed E-state index contributed by atoms with van der Waals surface area (Å²) in [6.07, 6.45) is 3.04. The Morgan fingerprint density at radius 2 is 2.10 bits per heavy atom. The molecule has 0 aliphatic rings. The second-order valence-electron chi connectivity index (χ2n) is 5.16. The first-order valence-electron chi connectivity index (χ1n) is 6.94. The molecule has 0 aliphatic carbocycles.